The van der Waals surface area contributed by atoms with Crippen molar-refractivity contribution < 1.29 is 14.6 Å². The van der Waals surface area contributed by atoms with E-state index in [1.165, 1.54) is 0 Å². The molecule has 1 aromatic carbocycles. The number of rotatable bonds is 5. The maximum atomic E-state index is 10.8. The molecule has 1 aliphatic rings. The molecule has 3 rings (SSSR count). The molecule has 0 saturated carbocycles. The van der Waals surface area contributed by atoms with E-state index in [1.54, 1.807) is 0 Å². The number of hydrogen-bond acceptors (Lipinski definition) is 5. The average molecular weight is 305 g/mol. The summed E-state index contributed by atoms with van der Waals surface area (Å²) >= 11 is 1.16. The lowest BCUT2D eigenvalue weighted by molar-refractivity contribution is -0.133. The van der Waals surface area contributed by atoms with Crippen LogP contribution >= 0.6 is 11.8 Å². The van der Waals surface area contributed by atoms with Crippen LogP contribution in [0, 0.1) is 0 Å². The fourth-order valence-corrected chi connectivity index (χ4v) is 2.99. The molecule has 1 fully saturated rings. The first-order chi connectivity index (χ1) is 10.3. The standard InChI is InChI=1S/C14H15N3O3S/c18-12(19)9-21-14-16-15-13(11-7-4-8-20-11)17(14)10-5-2-1-3-6-10/h1-3,5-6,11H,4,7-9H2,(H,18,19). The zero-order valence-corrected chi connectivity index (χ0v) is 12.1. The highest BCUT2D eigenvalue weighted by Crippen LogP contribution is 2.31. The first kappa shape index (κ1) is 14.1. The van der Waals surface area contributed by atoms with Crippen molar-refractivity contribution in [3.8, 4) is 5.69 Å². The van der Waals surface area contributed by atoms with Gasteiger partial charge in [-0.2, -0.15) is 0 Å². The number of hydrogen-bond donors (Lipinski definition) is 1. The Morgan fingerprint density at radius 2 is 2.19 bits per heavy atom. The van der Waals surface area contributed by atoms with Crippen molar-refractivity contribution in [3.05, 3.63) is 36.2 Å². The van der Waals surface area contributed by atoms with Gasteiger partial charge in [-0.3, -0.25) is 9.36 Å². The maximum absolute atomic E-state index is 10.8. The minimum atomic E-state index is -0.874. The van der Waals surface area contributed by atoms with Crippen LogP contribution in [-0.2, 0) is 9.53 Å². The molecule has 1 atom stereocenters. The van der Waals surface area contributed by atoms with E-state index < -0.39 is 5.97 Å². The van der Waals surface area contributed by atoms with E-state index in [0.29, 0.717) is 5.16 Å². The molecule has 1 N–H and O–H groups in total. The normalized spacial score (nSPS) is 18.0. The number of nitrogens with zero attached hydrogens (tertiary/aromatic N) is 3. The van der Waals surface area contributed by atoms with Gasteiger partial charge in [0.05, 0.1) is 5.75 Å². The molecule has 0 aliphatic carbocycles. The second-order valence-electron chi connectivity index (χ2n) is 4.70. The van der Waals surface area contributed by atoms with Crippen LogP contribution < -0.4 is 0 Å². The Bertz CT molecular complexity index is 624. The first-order valence-corrected chi connectivity index (χ1v) is 7.71. The van der Waals surface area contributed by atoms with E-state index in [-0.39, 0.29) is 11.9 Å². The van der Waals surface area contributed by atoms with Gasteiger partial charge >= 0.3 is 5.97 Å². The Morgan fingerprint density at radius 1 is 1.38 bits per heavy atom. The Hall–Kier alpha value is -1.86. The van der Waals surface area contributed by atoms with Gasteiger partial charge in [0.15, 0.2) is 11.0 Å². The second-order valence-corrected chi connectivity index (χ2v) is 5.64. The van der Waals surface area contributed by atoms with Crippen LogP contribution in [0.15, 0.2) is 35.5 Å². The quantitative estimate of drug-likeness (QED) is 0.854. The predicted molar refractivity (Wildman–Crippen MR) is 77.6 cm³/mol. The predicted octanol–water partition coefficient (Wildman–Crippen LogP) is 2.30. The lowest BCUT2D eigenvalue weighted by atomic mass is 10.2. The van der Waals surface area contributed by atoms with Crippen LogP contribution in [0.4, 0.5) is 0 Å². The van der Waals surface area contributed by atoms with Crippen molar-refractivity contribution in [2.24, 2.45) is 0 Å². The van der Waals surface area contributed by atoms with E-state index in [2.05, 4.69) is 10.2 Å². The molecule has 110 valence electrons. The molecule has 0 spiro atoms. The van der Waals surface area contributed by atoms with Gasteiger partial charge in [-0.05, 0) is 25.0 Å². The van der Waals surface area contributed by atoms with Gasteiger partial charge in [-0.25, -0.2) is 0 Å². The van der Waals surface area contributed by atoms with Gasteiger partial charge in [0.25, 0.3) is 0 Å². The lowest BCUT2D eigenvalue weighted by Crippen LogP contribution is -2.08. The summed E-state index contributed by atoms with van der Waals surface area (Å²) < 4.78 is 7.58. The summed E-state index contributed by atoms with van der Waals surface area (Å²) in [6.07, 6.45) is 1.84. The van der Waals surface area contributed by atoms with Crippen LogP contribution in [0.5, 0.6) is 0 Å². The number of benzene rings is 1. The number of thioether (sulfide) groups is 1. The fraction of sp³-hybridized carbons (Fsp3) is 0.357. The Kier molecular flexibility index (Phi) is 4.21. The number of carboxylic acids is 1. The van der Waals surface area contributed by atoms with E-state index in [0.717, 1.165) is 42.7 Å². The molecule has 0 bridgehead atoms. The van der Waals surface area contributed by atoms with E-state index in [9.17, 15) is 4.79 Å². The van der Waals surface area contributed by atoms with Crippen molar-refractivity contribution >= 4 is 17.7 Å². The van der Waals surface area contributed by atoms with Crippen molar-refractivity contribution in [1.82, 2.24) is 14.8 Å². The highest BCUT2D eigenvalue weighted by atomic mass is 32.2. The summed E-state index contributed by atoms with van der Waals surface area (Å²) in [4.78, 5) is 10.8. The van der Waals surface area contributed by atoms with Crippen LogP contribution in [0.3, 0.4) is 0 Å². The Balaban J connectivity index is 1.98. The van der Waals surface area contributed by atoms with Gasteiger partial charge in [0.2, 0.25) is 0 Å². The minimum Gasteiger partial charge on any atom is -0.481 e. The van der Waals surface area contributed by atoms with Crippen LogP contribution in [0.2, 0.25) is 0 Å². The monoisotopic (exact) mass is 305 g/mol. The summed E-state index contributed by atoms with van der Waals surface area (Å²) in [6.45, 7) is 0.726. The first-order valence-electron chi connectivity index (χ1n) is 6.72. The molecule has 2 aromatic rings. The summed E-state index contributed by atoms with van der Waals surface area (Å²) in [5.41, 5.74) is 0.917. The molecular formula is C14H15N3O3S. The maximum Gasteiger partial charge on any atom is 0.313 e. The number of aliphatic carboxylic acids is 1. The molecule has 1 aliphatic heterocycles. The van der Waals surface area contributed by atoms with Gasteiger partial charge in [0.1, 0.15) is 6.10 Å². The zero-order valence-electron chi connectivity index (χ0n) is 11.3. The van der Waals surface area contributed by atoms with Crippen molar-refractivity contribution in [1.29, 1.82) is 0 Å². The number of para-hydroxylation sites is 1. The molecule has 0 amide bonds. The molecule has 1 unspecified atom stereocenters. The van der Waals surface area contributed by atoms with Crippen LogP contribution in [0.1, 0.15) is 24.8 Å². The van der Waals surface area contributed by atoms with Crippen molar-refractivity contribution in [3.63, 3.8) is 0 Å². The third kappa shape index (κ3) is 3.08. The summed E-state index contributed by atoms with van der Waals surface area (Å²) in [5.74, 6) is -0.177. The van der Waals surface area contributed by atoms with Crippen molar-refractivity contribution in [2.45, 2.75) is 24.1 Å². The van der Waals surface area contributed by atoms with Gasteiger partial charge in [-0.1, -0.05) is 30.0 Å². The molecule has 6 nitrogen and oxygen atoms in total. The number of carbonyl (C=O) groups is 1. The molecule has 2 heterocycles. The number of ether oxygens (including phenoxy) is 1. The Morgan fingerprint density at radius 3 is 2.86 bits per heavy atom. The fourth-order valence-electron chi connectivity index (χ4n) is 2.31. The average Bonchev–Trinajstić information content (AvgIpc) is 3.15. The summed E-state index contributed by atoms with van der Waals surface area (Å²) in [6, 6.07) is 9.70. The van der Waals surface area contributed by atoms with E-state index in [1.807, 2.05) is 34.9 Å². The van der Waals surface area contributed by atoms with E-state index in [4.69, 9.17) is 9.84 Å². The van der Waals surface area contributed by atoms with Crippen LogP contribution in [0.25, 0.3) is 5.69 Å². The Labute approximate surface area is 126 Å². The third-order valence-corrected chi connectivity index (χ3v) is 4.13. The molecule has 0 radical (unpaired) electrons. The van der Waals surface area contributed by atoms with Crippen LogP contribution in [-0.4, -0.2) is 38.2 Å². The van der Waals surface area contributed by atoms with Gasteiger partial charge in [0, 0.05) is 12.3 Å². The summed E-state index contributed by atoms with van der Waals surface area (Å²) in [7, 11) is 0. The molecule has 1 aromatic heterocycles. The number of aromatic nitrogens is 3. The largest absolute Gasteiger partial charge is 0.481 e. The zero-order chi connectivity index (χ0) is 14.7. The highest BCUT2D eigenvalue weighted by Gasteiger charge is 2.26. The molecular weight excluding hydrogens is 290 g/mol. The second kappa shape index (κ2) is 6.28. The lowest BCUT2D eigenvalue weighted by Gasteiger charge is -2.13. The smallest absolute Gasteiger partial charge is 0.313 e. The summed E-state index contributed by atoms with van der Waals surface area (Å²) in [5, 5.41) is 17.8. The minimum absolute atomic E-state index is 0.0451. The highest BCUT2D eigenvalue weighted by molar-refractivity contribution is 7.99. The van der Waals surface area contributed by atoms with Gasteiger partial charge in [-0.15, -0.1) is 10.2 Å². The molecule has 21 heavy (non-hydrogen) atoms. The molecule has 7 heteroatoms. The SMILES string of the molecule is O=C(O)CSc1nnc(C2CCCO2)n1-c1ccccc1. The number of carboxylic acid groups (broad SMARTS) is 1. The van der Waals surface area contributed by atoms with Gasteiger partial charge < -0.3 is 9.84 Å². The topological polar surface area (TPSA) is 77.2 Å². The van der Waals surface area contributed by atoms with E-state index >= 15 is 0 Å². The van der Waals surface area contributed by atoms with Crippen molar-refractivity contribution in [2.75, 3.05) is 12.4 Å². The third-order valence-electron chi connectivity index (χ3n) is 3.22. The molecule has 1 saturated heterocycles.